The van der Waals surface area contributed by atoms with E-state index in [0.717, 1.165) is 22.4 Å². The molecule has 0 bridgehead atoms. The highest BCUT2D eigenvalue weighted by atomic mass is 79.9. The van der Waals surface area contributed by atoms with Crippen LogP contribution in [0.5, 0.6) is 0 Å². The zero-order valence-corrected chi connectivity index (χ0v) is 12.7. The Hall–Kier alpha value is -0.610. The van der Waals surface area contributed by atoms with Crippen LogP contribution in [0.25, 0.3) is 0 Å². The summed E-state index contributed by atoms with van der Waals surface area (Å²) in [5.74, 6) is 2.03. The first-order valence-corrected chi connectivity index (χ1v) is 8.19. The molecule has 0 amide bonds. The van der Waals surface area contributed by atoms with Gasteiger partial charge >= 0.3 is 0 Å². The number of halogens is 1. The van der Waals surface area contributed by atoms with Crippen molar-refractivity contribution in [3.8, 4) is 0 Å². The van der Waals surface area contributed by atoms with Crippen molar-refractivity contribution in [2.24, 2.45) is 11.8 Å². The number of rotatable bonds is 2. The molecule has 0 aromatic carbocycles. The molecule has 3 heterocycles. The van der Waals surface area contributed by atoms with Gasteiger partial charge in [-0.2, -0.15) is 0 Å². The summed E-state index contributed by atoms with van der Waals surface area (Å²) in [5.41, 5.74) is 1.30. The van der Waals surface area contributed by atoms with Gasteiger partial charge in [0.2, 0.25) is 0 Å². The molecule has 19 heavy (non-hydrogen) atoms. The first-order valence-electron chi connectivity index (χ1n) is 7.40. The van der Waals surface area contributed by atoms with Crippen molar-refractivity contribution in [2.75, 3.05) is 31.1 Å². The Balaban J connectivity index is 1.37. The molecule has 102 valence electrons. The number of pyridine rings is 1. The third-order valence-electron chi connectivity index (χ3n) is 5.22. The zero-order valence-electron chi connectivity index (χ0n) is 11.1. The van der Waals surface area contributed by atoms with E-state index in [9.17, 15) is 0 Å². The smallest absolute Gasteiger partial charge is 0.0592 e. The van der Waals surface area contributed by atoms with Crippen LogP contribution in [-0.2, 0) is 0 Å². The van der Waals surface area contributed by atoms with Gasteiger partial charge in [-0.05, 0) is 46.7 Å². The number of anilines is 1. The van der Waals surface area contributed by atoms with E-state index in [0.29, 0.717) is 0 Å². The molecule has 3 fully saturated rings. The number of aromatic nitrogens is 1. The molecule has 0 radical (unpaired) electrons. The second-order valence-electron chi connectivity index (χ2n) is 6.29. The van der Waals surface area contributed by atoms with E-state index in [1.54, 1.807) is 0 Å². The summed E-state index contributed by atoms with van der Waals surface area (Å²) in [6, 6.07) is 2.89. The second-order valence-corrected chi connectivity index (χ2v) is 7.15. The van der Waals surface area contributed by atoms with Crippen LogP contribution in [-0.4, -0.2) is 42.1 Å². The highest BCUT2D eigenvalue weighted by molar-refractivity contribution is 9.10. The predicted octanol–water partition coefficient (Wildman–Crippen LogP) is 2.76. The minimum absolute atomic E-state index is 0.783. The highest BCUT2D eigenvalue weighted by Crippen LogP contribution is 2.40. The molecule has 2 aliphatic heterocycles. The Bertz CT molecular complexity index is 460. The van der Waals surface area contributed by atoms with Crippen molar-refractivity contribution in [3.63, 3.8) is 0 Å². The van der Waals surface area contributed by atoms with Crippen LogP contribution in [0.3, 0.4) is 0 Å². The van der Waals surface area contributed by atoms with Gasteiger partial charge in [-0.1, -0.05) is 6.42 Å². The van der Waals surface area contributed by atoms with Crippen LogP contribution in [0.15, 0.2) is 22.9 Å². The maximum Gasteiger partial charge on any atom is 0.0592 e. The summed E-state index contributed by atoms with van der Waals surface area (Å²) in [6.07, 6.45) is 8.21. The van der Waals surface area contributed by atoms with Crippen LogP contribution in [0.4, 0.5) is 5.69 Å². The summed E-state index contributed by atoms with van der Waals surface area (Å²) in [7, 11) is 0. The normalized spacial score (nSPS) is 31.5. The van der Waals surface area contributed by atoms with E-state index >= 15 is 0 Å². The number of likely N-dealkylation sites (tertiary alicyclic amines) is 1. The molecule has 4 heteroatoms. The van der Waals surface area contributed by atoms with Crippen molar-refractivity contribution in [1.29, 1.82) is 0 Å². The fourth-order valence-corrected chi connectivity index (χ4v) is 4.58. The van der Waals surface area contributed by atoms with Gasteiger partial charge in [0.25, 0.3) is 0 Å². The molecule has 3 nitrogen and oxygen atoms in total. The topological polar surface area (TPSA) is 19.4 Å². The fraction of sp³-hybridized carbons (Fsp3) is 0.667. The summed E-state index contributed by atoms with van der Waals surface area (Å²) in [6.45, 7) is 5.09. The van der Waals surface area contributed by atoms with E-state index in [2.05, 4.69) is 36.8 Å². The lowest BCUT2D eigenvalue weighted by atomic mass is 10.0. The number of hydrogen-bond acceptors (Lipinski definition) is 3. The second kappa shape index (κ2) is 4.74. The third-order valence-corrected chi connectivity index (χ3v) is 5.84. The molecular formula is C15H20BrN3. The zero-order chi connectivity index (χ0) is 12.8. The van der Waals surface area contributed by atoms with Crippen molar-refractivity contribution >= 4 is 21.6 Å². The first-order chi connectivity index (χ1) is 9.31. The van der Waals surface area contributed by atoms with Gasteiger partial charge < -0.3 is 4.90 Å². The lowest BCUT2D eigenvalue weighted by molar-refractivity contribution is 0.190. The van der Waals surface area contributed by atoms with Crippen molar-refractivity contribution in [2.45, 2.75) is 25.3 Å². The van der Waals surface area contributed by atoms with Gasteiger partial charge in [0.05, 0.1) is 10.2 Å². The standard InChI is InChI=1S/C15H20BrN3/c16-14-6-17-5-4-15(14)19-9-13(10-19)18-7-11-2-1-3-12(11)8-18/h4-6,11-13H,1-3,7-10H2. The average molecular weight is 322 g/mol. The molecule has 4 rings (SSSR count). The monoisotopic (exact) mass is 321 g/mol. The Kier molecular flexibility index (Phi) is 3.03. The molecule has 0 spiro atoms. The number of fused-ring (bicyclic) bond motifs is 1. The minimum atomic E-state index is 0.783. The average Bonchev–Trinajstić information content (AvgIpc) is 2.90. The van der Waals surface area contributed by atoms with E-state index in [1.165, 1.54) is 51.1 Å². The highest BCUT2D eigenvalue weighted by Gasteiger charge is 2.42. The molecule has 3 aliphatic rings. The van der Waals surface area contributed by atoms with Crippen LogP contribution in [0.1, 0.15) is 19.3 Å². The minimum Gasteiger partial charge on any atom is -0.367 e. The lowest BCUT2D eigenvalue weighted by Crippen LogP contribution is -2.59. The van der Waals surface area contributed by atoms with Crippen LogP contribution in [0, 0.1) is 11.8 Å². The molecule has 1 aliphatic carbocycles. The Morgan fingerprint density at radius 1 is 1.11 bits per heavy atom. The summed E-state index contributed by atoms with van der Waals surface area (Å²) < 4.78 is 1.12. The van der Waals surface area contributed by atoms with E-state index in [1.807, 2.05) is 12.4 Å². The number of hydrogen-bond donors (Lipinski definition) is 0. The van der Waals surface area contributed by atoms with Gasteiger partial charge in [-0.25, -0.2) is 0 Å². The predicted molar refractivity (Wildman–Crippen MR) is 80.3 cm³/mol. The Morgan fingerprint density at radius 3 is 2.53 bits per heavy atom. The van der Waals surface area contributed by atoms with Crippen LogP contribution < -0.4 is 4.90 Å². The fourth-order valence-electron chi connectivity index (χ4n) is 4.08. The van der Waals surface area contributed by atoms with Gasteiger partial charge in [0.1, 0.15) is 0 Å². The molecule has 1 aromatic heterocycles. The SMILES string of the molecule is Brc1cnccc1N1CC(N2CC3CCCC3C2)C1. The largest absolute Gasteiger partial charge is 0.367 e. The Morgan fingerprint density at radius 2 is 1.84 bits per heavy atom. The lowest BCUT2D eigenvalue weighted by Gasteiger charge is -2.46. The first kappa shape index (κ1) is 12.2. The van der Waals surface area contributed by atoms with E-state index in [4.69, 9.17) is 0 Å². The maximum absolute atomic E-state index is 4.14. The molecule has 0 N–H and O–H groups in total. The quantitative estimate of drug-likeness (QED) is 0.835. The molecule has 1 saturated carbocycles. The summed E-state index contributed by atoms with van der Waals surface area (Å²) in [4.78, 5) is 9.35. The van der Waals surface area contributed by atoms with E-state index in [-0.39, 0.29) is 0 Å². The number of nitrogens with zero attached hydrogens (tertiary/aromatic N) is 3. The van der Waals surface area contributed by atoms with E-state index < -0.39 is 0 Å². The molecule has 2 atom stereocenters. The van der Waals surface area contributed by atoms with Crippen molar-refractivity contribution in [3.05, 3.63) is 22.9 Å². The van der Waals surface area contributed by atoms with Crippen LogP contribution in [0.2, 0.25) is 0 Å². The molecule has 2 saturated heterocycles. The van der Waals surface area contributed by atoms with Gasteiger partial charge in [0, 0.05) is 44.6 Å². The molecular weight excluding hydrogens is 302 g/mol. The molecule has 2 unspecified atom stereocenters. The summed E-state index contributed by atoms with van der Waals surface area (Å²) in [5, 5.41) is 0. The third kappa shape index (κ3) is 2.09. The van der Waals surface area contributed by atoms with Gasteiger partial charge in [-0.15, -0.1) is 0 Å². The van der Waals surface area contributed by atoms with Gasteiger partial charge in [-0.3, -0.25) is 9.88 Å². The van der Waals surface area contributed by atoms with Crippen molar-refractivity contribution < 1.29 is 0 Å². The summed E-state index contributed by atoms with van der Waals surface area (Å²) >= 11 is 3.60. The van der Waals surface area contributed by atoms with Crippen LogP contribution >= 0.6 is 15.9 Å². The maximum atomic E-state index is 4.14. The van der Waals surface area contributed by atoms with Crippen molar-refractivity contribution in [1.82, 2.24) is 9.88 Å². The van der Waals surface area contributed by atoms with Gasteiger partial charge in [0.15, 0.2) is 0 Å². The Labute approximate surface area is 123 Å². The molecule has 1 aromatic rings.